The van der Waals surface area contributed by atoms with Gasteiger partial charge in [0.1, 0.15) is 16.4 Å². The summed E-state index contributed by atoms with van der Waals surface area (Å²) in [4.78, 5) is 51.2. The van der Waals surface area contributed by atoms with E-state index in [1.54, 1.807) is 11.4 Å². The Morgan fingerprint density at radius 3 is 2.68 bits per heavy atom. The summed E-state index contributed by atoms with van der Waals surface area (Å²) in [6, 6.07) is 7.16. The maximum absolute atomic E-state index is 13.9. The Balaban J connectivity index is 1.93. The molecule has 28 heavy (non-hydrogen) atoms. The van der Waals surface area contributed by atoms with Crippen LogP contribution in [0.3, 0.4) is 0 Å². The van der Waals surface area contributed by atoms with Crippen molar-refractivity contribution in [3.8, 4) is 0 Å². The number of methoxy groups -OCH3 is 1. The Morgan fingerprint density at radius 2 is 1.96 bits per heavy atom. The van der Waals surface area contributed by atoms with Crippen LogP contribution in [0.2, 0.25) is 0 Å². The third-order valence-corrected chi connectivity index (χ3v) is 4.72. The quantitative estimate of drug-likeness (QED) is 0.632. The SMILES string of the molecule is COC(=O)c1ccsc1NC(=O)c1c[nH]c(=O)n(Cc2ccccc2F)c1=O. The molecule has 3 rings (SSSR count). The van der Waals surface area contributed by atoms with Crippen LogP contribution in [0.15, 0.2) is 51.5 Å². The summed E-state index contributed by atoms with van der Waals surface area (Å²) in [6.45, 7) is -0.339. The fourth-order valence-electron chi connectivity index (χ4n) is 2.46. The standard InChI is InChI=1S/C18H14FN3O5S/c1-27-17(25)11-6-7-28-15(11)21-14(23)12-8-20-18(26)22(16(12)24)9-10-4-2-3-5-13(10)19/h2-8H,9H2,1H3,(H,20,26)(H,21,23). The van der Waals surface area contributed by atoms with E-state index in [0.717, 1.165) is 22.1 Å². The van der Waals surface area contributed by atoms with Gasteiger partial charge in [0.15, 0.2) is 0 Å². The first-order chi connectivity index (χ1) is 13.4. The summed E-state index contributed by atoms with van der Waals surface area (Å²) in [5, 5.41) is 4.23. The van der Waals surface area contributed by atoms with E-state index in [0.29, 0.717) is 0 Å². The van der Waals surface area contributed by atoms with Gasteiger partial charge in [-0.1, -0.05) is 18.2 Å². The molecule has 0 atom stereocenters. The van der Waals surface area contributed by atoms with E-state index in [1.165, 1.54) is 31.4 Å². The molecule has 2 aromatic heterocycles. The third kappa shape index (κ3) is 3.76. The molecule has 0 aliphatic rings. The van der Waals surface area contributed by atoms with Crippen LogP contribution >= 0.6 is 11.3 Å². The first kappa shape index (κ1) is 19.2. The van der Waals surface area contributed by atoms with Crippen molar-refractivity contribution in [2.45, 2.75) is 6.54 Å². The van der Waals surface area contributed by atoms with Crippen molar-refractivity contribution in [1.29, 1.82) is 0 Å². The van der Waals surface area contributed by atoms with Gasteiger partial charge in [-0.15, -0.1) is 11.3 Å². The van der Waals surface area contributed by atoms with Gasteiger partial charge in [0.25, 0.3) is 11.5 Å². The van der Waals surface area contributed by atoms with Gasteiger partial charge in [0.2, 0.25) is 0 Å². The smallest absolute Gasteiger partial charge is 0.340 e. The Bertz CT molecular complexity index is 1160. The molecule has 2 heterocycles. The predicted octanol–water partition coefficient (Wildman–Crippen LogP) is 1.82. The second-order valence-corrected chi connectivity index (χ2v) is 6.52. The van der Waals surface area contributed by atoms with Gasteiger partial charge >= 0.3 is 11.7 Å². The number of carbonyl (C=O) groups excluding carboxylic acids is 2. The summed E-state index contributed by atoms with van der Waals surface area (Å²) in [5.74, 6) is -2.05. The zero-order chi connectivity index (χ0) is 20.3. The van der Waals surface area contributed by atoms with Crippen molar-refractivity contribution in [1.82, 2.24) is 9.55 Å². The Hall–Kier alpha value is -3.53. The molecule has 0 aliphatic carbocycles. The highest BCUT2D eigenvalue weighted by Gasteiger charge is 2.20. The molecule has 0 saturated carbocycles. The van der Waals surface area contributed by atoms with Gasteiger partial charge < -0.3 is 15.0 Å². The molecule has 0 bridgehead atoms. The molecule has 0 aliphatic heterocycles. The van der Waals surface area contributed by atoms with Gasteiger partial charge in [0, 0.05) is 11.8 Å². The van der Waals surface area contributed by atoms with E-state index in [-0.39, 0.29) is 28.2 Å². The van der Waals surface area contributed by atoms with Crippen molar-refractivity contribution >= 4 is 28.2 Å². The Morgan fingerprint density at radius 1 is 1.21 bits per heavy atom. The van der Waals surface area contributed by atoms with E-state index in [4.69, 9.17) is 0 Å². The topological polar surface area (TPSA) is 110 Å². The monoisotopic (exact) mass is 403 g/mol. The van der Waals surface area contributed by atoms with E-state index in [2.05, 4.69) is 15.0 Å². The molecule has 2 N–H and O–H groups in total. The van der Waals surface area contributed by atoms with Crippen molar-refractivity contribution in [2.75, 3.05) is 12.4 Å². The minimum absolute atomic E-state index is 0.124. The number of rotatable bonds is 5. The zero-order valence-corrected chi connectivity index (χ0v) is 15.3. The highest BCUT2D eigenvalue weighted by molar-refractivity contribution is 7.14. The van der Waals surface area contributed by atoms with Crippen LogP contribution in [0.1, 0.15) is 26.3 Å². The minimum atomic E-state index is -0.888. The average Bonchev–Trinajstić information content (AvgIpc) is 3.13. The lowest BCUT2D eigenvalue weighted by atomic mass is 10.2. The Kier molecular flexibility index (Phi) is 5.50. The number of hydrogen-bond donors (Lipinski definition) is 2. The lowest BCUT2D eigenvalue weighted by Crippen LogP contribution is -2.39. The molecule has 8 nitrogen and oxygen atoms in total. The van der Waals surface area contributed by atoms with Gasteiger partial charge in [0.05, 0.1) is 19.2 Å². The highest BCUT2D eigenvalue weighted by Crippen LogP contribution is 2.24. The van der Waals surface area contributed by atoms with Crippen LogP contribution in [0, 0.1) is 5.82 Å². The van der Waals surface area contributed by atoms with Gasteiger partial charge in [-0.3, -0.25) is 14.2 Å². The number of aromatic nitrogens is 2. The number of thiophene rings is 1. The molecule has 0 fully saturated rings. The maximum atomic E-state index is 13.9. The number of hydrogen-bond acceptors (Lipinski definition) is 6. The van der Waals surface area contributed by atoms with E-state index in [1.807, 2.05) is 0 Å². The van der Waals surface area contributed by atoms with Crippen molar-refractivity contribution < 1.29 is 18.7 Å². The van der Waals surface area contributed by atoms with Crippen LogP contribution < -0.4 is 16.6 Å². The summed E-state index contributed by atoms with van der Waals surface area (Å²) in [5.41, 5.74) is -1.77. The number of aromatic amines is 1. The van der Waals surface area contributed by atoms with Crippen LogP contribution in [-0.2, 0) is 11.3 Å². The third-order valence-electron chi connectivity index (χ3n) is 3.89. The number of esters is 1. The fraction of sp³-hybridized carbons (Fsp3) is 0.111. The van der Waals surface area contributed by atoms with Crippen LogP contribution in [0.25, 0.3) is 0 Å². The second kappa shape index (κ2) is 8.01. The van der Waals surface area contributed by atoms with Crippen molar-refractivity contribution in [3.63, 3.8) is 0 Å². The minimum Gasteiger partial charge on any atom is -0.465 e. The number of carbonyl (C=O) groups is 2. The second-order valence-electron chi connectivity index (χ2n) is 5.60. The molecule has 144 valence electrons. The van der Waals surface area contributed by atoms with Crippen LogP contribution in [0.4, 0.5) is 9.39 Å². The van der Waals surface area contributed by atoms with Crippen molar-refractivity contribution in [3.05, 3.63) is 85.3 Å². The van der Waals surface area contributed by atoms with Gasteiger partial charge in [-0.2, -0.15) is 0 Å². The summed E-state index contributed by atoms with van der Waals surface area (Å²) < 4.78 is 19.2. The number of benzene rings is 1. The molecule has 0 radical (unpaired) electrons. The number of amides is 1. The molecule has 1 aromatic carbocycles. The van der Waals surface area contributed by atoms with Crippen LogP contribution in [-0.4, -0.2) is 28.5 Å². The van der Waals surface area contributed by atoms with E-state index < -0.39 is 28.9 Å². The number of anilines is 1. The maximum Gasteiger partial charge on any atom is 0.340 e. The predicted molar refractivity (Wildman–Crippen MR) is 100 cm³/mol. The van der Waals surface area contributed by atoms with E-state index >= 15 is 0 Å². The van der Waals surface area contributed by atoms with E-state index in [9.17, 15) is 23.6 Å². The normalized spacial score (nSPS) is 10.5. The number of halogens is 1. The molecule has 0 spiro atoms. The number of ether oxygens (including phenoxy) is 1. The van der Waals surface area contributed by atoms with Crippen molar-refractivity contribution in [2.24, 2.45) is 0 Å². The first-order valence-electron chi connectivity index (χ1n) is 7.95. The summed E-state index contributed by atoms with van der Waals surface area (Å²) >= 11 is 1.07. The first-order valence-corrected chi connectivity index (χ1v) is 8.83. The lowest BCUT2D eigenvalue weighted by Gasteiger charge is -2.09. The average molecular weight is 403 g/mol. The molecular formula is C18H14FN3O5S. The zero-order valence-electron chi connectivity index (χ0n) is 14.5. The lowest BCUT2D eigenvalue weighted by molar-refractivity contribution is 0.0602. The molecule has 3 aromatic rings. The molecule has 10 heteroatoms. The largest absolute Gasteiger partial charge is 0.465 e. The van der Waals surface area contributed by atoms with Gasteiger partial charge in [-0.05, 0) is 17.5 Å². The molecule has 1 amide bonds. The number of nitrogens with one attached hydrogen (secondary N) is 2. The van der Waals surface area contributed by atoms with Gasteiger partial charge in [-0.25, -0.2) is 14.0 Å². The molecule has 0 saturated heterocycles. The van der Waals surface area contributed by atoms with Crippen LogP contribution in [0.5, 0.6) is 0 Å². The number of H-pyrrole nitrogens is 1. The Labute approximate surface area is 161 Å². The summed E-state index contributed by atoms with van der Waals surface area (Å²) in [7, 11) is 1.20. The molecular weight excluding hydrogens is 389 g/mol. The number of nitrogens with zero attached hydrogens (tertiary/aromatic N) is 1. The highest BCUT2D eigenvalue weighted by atomic mass is 32.1. The fourth-order valence-corrected chi connectivity index (χ4v) is 3.23. The summed E-state index contributed by atoms with van der Waals surface area (Å²) in [6.07, 6.45) is 0.975. The molecule has 0 unspecified atom stereocenters.